The minimum atomic E-state index is -3.67. The lowest BCUT2D eigenvalue weighted by Crippen LogP contribution is -2.51. The zero-order chi connectivity index (χ0) is 18.0. The van der Waals surface area contributed by atoms with Crippen LogP contribution in [0, 0.1) is 5.92 Å². The second kappa shape index (κ2) is 7.67. The van der Waals surface area contributed by atoms with Crippen LogP contribution in [0.4, 0.5) is 0 Å². The van der Waals surface area contributed by atoms with Crippen molar-refractivity contribution in [2.24, 2.45) is 5.92 Å². The molecule has 0 aromatic heterocycles. The van der Waals surface area contributed by atoms with E-state index in [4.69, 9.17) is 0 Å². The number of likely N-dealkylation sites (N-methyl/N-ethyl adjacent to an activating group) is 1. The van der Waals surface area contributed by atoms with Crippen molar-refractivity contribution >= 4 is 26.0 Å². The average molecular weight is 382 g/mol. The molecule has 2 fully saturated rings. The molecule has 0 saturated carbocycles. The van der Waals surface area contributed by atoms with Crippen LogP contribution in [0.5, 0.6) is 0 Å². The zero-order valence-corrected chi connectivity index (χ0v) is 15.9. The Morgan fingerprint density at radius 3 is 2.58 bits per heavy atom. The van der Waals surface area contributed by atoms with Crippen LogP contribution in [0.15, 0.2) is 0 Å². The van der Waals surface area contributed by atoms with Crippen molar-refractivity contribution in [2.75, 3.05) is 37.7 Å². The van der Waals surface area contributed by atoms with Crippen LogP contribution in [0.3, 0.4) is 0 Å². The minimum Gasteiger partial charge on any atom is -0.351 e. The van der Waals surface area contributed by atoms with Crippen molar-refractivity contribution in [2.45, 2.75) is 39.2 Å². The van der Waals surface area contributed by atoms with E-state index in [1.807, 2.05) is 6.92 Å². The topological polar surface area (TPSA) is 104 Å². The molecule has 0 unspecified atom stereocenters. The normalized spacial score (nSPS) is 28.1. The van der Waals surface area contributed by atoms with E-state index in [2.05, 4.69) is 5.32 Å². The summed E-state index contributed by atoms with van der Waals surface area (Å²) < 4.78 is 50.9. The molecule has 2 aliphatic heterocycles. The van der Waals surface area contributed by atoms with E-state index >= 15 is 0 Å². The molecule has 0 radical (unpaired) electrons. The molecule has 2 saturated heterocycles. The van der Waals surface area contributed by atoms with E-state index in [9.17, 15) is 21.6 Å². The fourth-order valence-corrected chi connectivity index (χ4v) is 6.63. The summed E-state index contributed by atoms with van der Waals surface area (Å²) in [6.07, 6.45) is 2.22. The molecule has 2 rings (SSSR count). The number of nitrogens with zero attached hydrogens (tertiary/aromatic N) is 2. The Morgan fingerprint density at radius 1 is 1.33 bits per heavy atom. The van der Waals surface area contributed by atoms with Crippen LogP contribution >= 0.6 is 0 Å². The second-order valence-electron chi connectivity index (χ2n) is 6.71. The maximum Gasteiger partial charge on any atom is 0.282 e. The average Bonchev–Trinajstić information content (AvgIpc) is 2.83. The smallest absolute Gasteiger partial charge is 0.282 e. The number of carbonyl (C=O) groups is 1. The number of amides is 1. The summed E-state index contributed by atoms with van der Waals surface area (Å²) in [6.45, 7) is 4.58. The van der Waals surface area contributed by atoms with Crippen LogP contribution < -0.4 is 5.32 Å². The van der Waals surface area contributed by atoms with Gasteiger partial charge >= 0.3 is 0 Å². The van der Waals surface area contributed by atoms with E-state index in [1.54, 1.807) is 6.92 Å². The predicted molar refractivity (Wildman–Crippen MR) is 91.3 cm³/mol. The summed E-state index contributed by atoms with van der Waals surface area (Å²) >= 11 is 0. The predicted octanol–water partition coefficient (Wildman–Crippen LogP) is -0.412. The van der Waals surface area contributed by atoms with Gasteiger partial charge in [-0.05, 0) is 25.2 Å². The molecule has 0 aromatic rings. The number of sulfone groups is 1. The van der Waals surface area contributed by atoms with Gasteiger partial charge in [0.1, 0.15) is 0 Å². The zero-order valence-electron chi connectivity index (χ0n) is 14.3. The monoisotopic (exact) mass is 381 g/mol. The van der Waals surface area contributed by atoms with Gasteiger partial charge in [0.05, 0.1) is 18.1 Å². The molecule has 10 heteroatoms. The number of hydrogen-bond acceptors (Lipinski definition) is 5. The first-order valence-electron chi connectivity index (χ1n) is 8.39. The maximum atomic E-state index is 12.7. The molecule has 8 nitrogen and oxygen atoms in total. The van der Waals surface area contributed by atoms with E-state index in [0.29, 0.717) is 25.4 Å². The third kappa shape index (κ3) is 4.90. The van der Waals surface area contributed by atoms with Crippen molar-refractivity contribution in [3.05, 3.63) is 0 Å². The summed E-state index contributed by atoms with van der Waals surface area (Å²) in [6, 6.07) is -0.418. The summed E-state index contributed by atoms with van der Waals surface area (Å²) in [5.74, 6) is -0.141. The Labute approximate surface area is 144 Å². The van der Waals surface area contributed by atoms with Crippen molar-refractivity contribution in [1.82, 2.24) is 13.9 Å². The summed E-state index contributed by atoms with van der Waals surface area (Å²) in [4.78, 5) is 12.1. The lowest BCUT2D eigenvalue weighted by molar-refractivity contribution is -0.121. The van der Waals surface area contributed by atoms with Gasteiger partial charge in [0, 0.05) is 25.7 Å². The highest BCUT2D eigenvalue weighted by atomic mass is 32.2. The van der Waals surface area contributed by atoms with Gasteiger partial charge in [0.15, 0.2) is 9.84 Å². The highest BCUT2D eigenvalue weighted by Gasteiger charge is 2.34. The van der Waals surface area contributed by atoms with E-state index in [0.717, 1.165) is 17.1 Å². The van der Waals surface area contributed by atoms with Crippen LogP contribution in [0.2, 0.25) is 0 Å². The Balaban J connectivity index is 1.96. The summed E-state index contributed by atoms with van der Waals surface area (Å²) in [7, 11) is -6.75. The second-order valence-corrected chi connectivity index (χ2v) is 10.9. The Hall–Kier alpha value is -0.710. The fourth-order valence-electron chi connectivity index (χ4n) is 3.22. The highest BCUT2D eigenvalue weighted by Crippen LogP contribution is 2.20. The maximum absolute atomic E-state index is 12.7. The number of piperidine rings is 1. The molecule has 1 amide bonds. The molecule has 2 heterocycles. The molecular formula is C14H27N3O5S2. The van der Waals surface area contributed by atoms with Crippen LogP contribution in [-0.2, 0) is 24.8 Å². The molecule has 0 aromatic carbocycles. The fraction of sp³-hybridized carbons (Fsp3) is 0.929. The van der Waals surface area contributed by atoms with Crippen molar-refractivity contribution in [3.63, 3.8) is 0 Å². The lowest BCUT2D eigenvalue weighted by atomic mass is 10.0. The van der Waals surface area contributed by atoms with E-state index in [-0.39, 0.29) is 24.6 Å². The van der Waals surface area contributed by atoms with Crippen LogP contribution in [0.1, 0.15) is 33.1 Å². The van der Waals surface area contributed by atoms with Crippen LogP contribution in [0.25, 0.3) is 0 Å². The van der Waals surface area contributed by atoms with Gasteiger partial charge in [-0.15, -0.1) is 0 Å². The molecule has 0 spiro atoms. The Bertz CT molecular complexity index is 662. The van der Waals surface area contributed by atoms with Gasteiger partial charge in [-0.25, -0.2) is 8.42 Å². The summed E-state index contributed by atoms with van der Waals surface area (Å²) in [5.41, 5.74) is 0. The van der Waals surface area contributed by atoms with Crippen molar-refractivity contribution < 1.29 is 21.6 Å². The van der Waals surface area contributed by atoms with E-state index < -0.39 is 32.0 Å². The molecule has 0 bridgehead atoms. The van der Waals surface area contributed by atoms with Crippen molar-refractivity contribution in [1.29, 1.82) is 0 Å². The largest absolute Gasteiger partial charge is 0.351 e. The quantitative estimate of drug-likeness (QED) is 0.673. The van der Waals surface area contributed by atoms with Gasteiger partial charge in [0.2, 0.25) is 5.91 Å². The number of rotatable bonds is 6. The van der Waals surface area contributed by atoms with Crippen molar-refractivity contribution in [3.8, 4) is 0 Å². The third-order valence-corrected chi connectivity index (χ3v) is 8.33. The first kappa shape index (κ1) is 19.6. The number of carbonyl (C=O) groups excluding carboxylic acids is 1. The molecule has 2 atom stereocenters. The first-order valence-corrected chi connectivity index (χ1v) is 11.6. The Morgan fingerprint density at radius 2 is 2.04 bits per heavy atom. The Kier molecular flexibility index (Phi) is 6.27. The third-order valence-electron chi connectivity index (χ3n) is 4.54. The standard InChI is InChI=1S/C14H27N3O5S2/c1-3-16(24(21,22)17-7-4-5-12(2)9-17)10-14(18)15-13-6-8-23(19,20)11-13/h12-13H,3-11H2,1-2H3,(H,15,18)/t12-,13-/m1/s1. The SMILES string of the molecule is CCN(CC(=O)N[C@@H]1CCS(=O)(=O)C1)S(=O)(=O)N1CCC[C@@H](C)C1. The minimum absolute atomic E-state index is 0.0682. The summed E-state index contributed by atoms with van der Waals surface area (Å²) in [5, 5.41) is 2.64. The van der Waals surface area contributed by atoms with Gasteiger partial charge in [-0.3, -0.25) is 4.79 Å². The molecule has 0 aliphatic carbocycles. The van der Waals surface area contributed by atoms with E-state index in [1.165, 1.54) is 4.31 Å². The van der Waals surface area contributed by atoms with Crippen LogP contribution in [-0.4, -0.2) is 75.1 Å². The van der Waals surface area contributed by atoms with Gasteiger partial charge in [-0.2, -0.15) is 17.0 Å². The van der Waals surface area contributed by atoms with Gasteiger partial charge < -0.3 is 5.32 Å². The molecule has 2 aliphatic rings. The highest BCUT2D eigenvalue weighted by molar-refractivity contribution is 7.91. The molecular weight excluding hydrogens is 354 g/mol. The molecule has 1 N–H and O–H groups in total. The molecule has 140 valence electrons. The molecule has 24 heavy (non-hydrogen) atoms. The lowest BCUT2D eigenvalue weighted by Gasteiger charge is -2.34. The van der Waals surface area contributed by atoms with Gasteiger partial charge in [0.25, 0.3) is 10.2 Å². The van der Waals surface area contributed by atoms with Gasteiger partial charge in [-0.1, -0.05) is 13.8 Å². The first-order chi connectivity index (χ1) is 11.1. The number of nitrogens with one attached hydrogen (secondary N) is 1. The number of hydrogen-bond donors (Lipinski definition) is 1.